The standard InChI is InChI=1S/C21H16Cl4N2O5/c1-9-3-4-10(2)11(7-9)26-12(28)8-32-13(29)5-6-27-20(30)14-15(21(27)31)17(23)19(25)18(24)16(14)22/h3-4,7H,5-6,8H2,1-2H3,(H,26,28). The molecule has 1 aliphatic rings. The summed E-state index contributed by atoms with van der Waals surface area (Å²) in [4.78, 5) is 50.2. The Balaban J connectivity index is 1.58. The third-order valence-electron chi connectivity index (χ3n) is 4.76. The predicted molar refractivity (Wildman–Crippen MR) is 122 cm³/mol. The lowest BCUT2D eigenvalue weighted by molar-refractivity contribution is -0.147. The molecule has 0 bridgehead atoms. The van der Waals surface area contributed by atoms with Crippen LogP contribution in [0.4, 0.5) is 5.69 Å². The van der Waals surface area contributed by atoms with Crippen LogP contribution in [0, 0.1) is 13.8 Å². The summed E-state index contributed by atoms with van der Waals surface area (Å²) in [5.41, 5.74) is 2.10. The molecule has 1 N–H and O–H groups in total. The number of hydrogen-bond donors (Lipinski definition) is 1. The molecule has 32 heavy (non-hydrogen) atoms. The van der Waals surface area contributed by atoms with Gasteiger partial charge in [-0.05, 0) is 31.0 Å². The Bertz CT molecular complexity index is 1120. The van der Waals surface area contributed by atoms with Gasteiger partial charge in [0.25, 0.3) is 17.7 Å². The number of benzene rings is 2. The first-order chi connectivity index (χ1) is 15.0. The maximum Gasteiger partial charge on any atom is 0.308 e. The van der Waals surface area contributed by atoms with Crippen LogP contribution in [-0.4, -0.2) is 41.7 Å². The number of anilines is 1. The van der Waals surface area contributed by atoms with Crippen molar-refractivity contribution in [2.24, 2.45) is 0 Å². The van der Waals surface area contributed by atoms with Gasteiger partial charge in [0, 0.05) is 12.2 Å². The zero-order valence-corrected chi connectivity index (χ0v) is 19.9. The van der Waals surface area contributed by atoms with Gasteiger partial charge in [-0.3, -0.25) is 24.1 Å². The van der Waals surface area contributed by atoms with E-state index < -0.39 is 30.3 Å². The summed E-state index contributed by atoms with van der Waals surface area (Å²) >= 11 is 24.0. The summed E-state index contributed by atoms with van der Waals surface area (Å²) in [6.07, 6.45) is -0.334. The molecule has 0 atom stereocenters. The Labute approximate surface area is 203 Å². The highest BCUT2D eigenvalue weighted by Gasteiger charge is 2.41. The Morgan fingerprint density at radius 3 is 2.06 bits per heavy atom. The number of ether oxygens (including phenoxy) is 1. The zero-order chi connectivity index (χ0) is 23.7. The van der Waals surface area contributed by atoms with Gasteiger partial charge in [-0.15, -0.1) is 0 Å². The first-order valence-corrected chi connectivity index (χ1v) is 10.8. The first-order valence-electron chi connectivity index (χ1n) is 9.27. The predicted octanol–water partition coefficient (Wildman–Crippen LogP) is 5.09. The number of hydrogen-bond acceptors (Lipinski definition) is 5. The molecule has 3 rings (SSSR count). The lowest BCUT2D eigenvalue weighted by atomic mass is 10.1. The smallest absolute Gasteiger partial charge is 0.308 e. The summed E-state index contributed by atoms with van der Waals surface area (Å²) in [6, 6.07) is 5.57. The molecule has 0 fully saturated rings. The topological polar surface area (TPSA) is 92.8 Å². The molecule has 2 aromatic carbocycles. The number of rotatable bonds is 6. The lowest BCUT2D eigenvalue weighted by Crippen LogP contribution is -2.32. The number of imide groups is 1. The van der Waals surface area contributed by atoms with Crippen molar-refractivity contribution < 1.29 is 23.9 Å². The lowest BCUT2D eigenvalue weighted by Gasteiger charge is -2.13. The summed E-state index contributed by atoms with van der Waals surface area (Å²) in [7, 11) is 0. The molecular formula is C21H16Cl4N2O5. The second-order valence-corrected chi connectivity index (χ2v) is 8.56. The number of nitrogens with one attached hydrogen (secondary N) is 1. The van der Waals surface area contributed by atoms with Gasteiger partial charge in [0.05, 0.1) is 37.6 Å². The number of carbonyl (C=O) groups is 4. The number of halogens is 4. The van der Waals surface area contributed by atoms with Crippen LogP contribution < -0.4 is 5.32 Å². The zero-order valence-electron chi connectivity index (χ0n) is 16.9. The highest BCUT2D eigenvalue weighted by Crippen LogP contribution is 2.44. The number of esters is 1. The van der Waals surface area contributed by atoms with Crippen LogP contribution in [-0.2, 0) is 14.3 Å². The second kappa shape index (κ2) is 9.67. The Kier molecular flexibility index (Phi) is 7.35. The van der Waals surface area contributed by atoms with E-state index in [1.807, 2.05) is 26.0 Å². The maximum atomic E-state index is 12.6. The van der Waals surface area contributed by atoms with E-state index >= 15 is 0 Å². The molecule has 0 saturated heterocycles. The quantitative estimate of drug-likeness (QED) is 0.249. The Morgan fingerprint density at radius 2 is 1.50 bits per heavy atom. The van der Waals surface area contributed by atoms with Crippen LogP contribution in [0.3, 0.4) is 0 Å². The fraction of sp³-hybridized carbons (Fsp3) is 0.238. The van der Waals surface area contributed by atoms with Crippen molar-refractivity contribution in [3.63, 3.8) is 0 Å². The average molecular weight is 518 g/mol. The number of carbonyl (C=O) groups excluding carboxylic acids is 4. The minimum atomic E-state index is -0.772. The van der Waals surface area contributed by atoms with E-state index in [1.54, 1.807) is 6.07 Å². The molecule has 1 aliphatic heterocycles. The number of fused-ring (bicyclic) bond motifs is 1. The van der Waals surface area contributed by atoms with Gasteiger partial charge in [0.15, 0.2) is 6.61 Å². The third-order valence-corrected chi connectivity index (χ3v) is 6.56. The van der Waals surface area contributed by atoms with Gasteiger partial charge in [-0.2, -0.15) is 0 Å². The molecule has 0 saturated carbocycles. The van der Waals surface area contributed by atoms with Crippen molar-refractivity contribution in [3.8, 4) is 0 Å². The molecular weight excluding hydrogens is 502 g/mol. The third kappa shape index (κ3) is 4.71. The molecule has 11 heteroatoms. The van der Waals surface area contributed by atoms with Crippen molar-refractivity contribution in [1.29, 1.82) is 0 Å². The Morgan fingerprint density at radius 1 is 0.938 bits per heavy atom. The minimum Gasteiger partial charge on any atom is -0.456 e. The van der Waals surface area contributed by atoms with E-state index in [9.17, 15) is 19.2 Å². The van der Waals surface area contributed by atoms with Gasteiger partial charge < -0.3 is 10.1 Å². The van der Waals surface area contributed by atoms with Crippen LogP contribution in [0.15, 0.2) is 18.2 Å². The van der Waals surface area contributed by atoms with Gasteiger partial charge in [0.2, 0.25) is 0 Å². The largest absolute Gasteiger partial charge is 0.456 e. The molecule has 0 unspecified atom stereocenters. The summed E-state index contributed by atoms with van der Waals surface area (Å²) in [6.45, 7) is 2.90. The van der Waals surface area contributed by atoms with Crippen molar-refractivity contribution in [2.75, 3.05) is 18.5 Å². The van der Waals surface area contributed by atoms with Crippen LogP contribution >= 0.6 is 46.4 Å². The van der Waals surface area contributed by atoms with Crippen LogP contribution in [0.2, 0.25) is 20.1 Å². The normalized spacial score (nSPS) is 12.8. The van der Waals surface area contributed by atoms with E-state index in [4.69, 9.17) is 51.1 Å². The van der Waals surface area contributed by atoms with Crippen LogP contribution in [0.25, 0.3) is 0 Å². The fourth-order valence-electron chi connectivity index (χ4n) is 3.08. The maximum absolute atomic E-state index is 12.6. The van der Waals surface area contributed by atoms with Crippen molar-refractivity contribution in [3.05, 3.63) is 60.5 Å². The highest BCUT2D eigenvalue weighted by molar-refractivity contribution is 6.55. The number of amides is 3. The SMILES string of the molecule is Cc1ccc(C)c(NC(=O)COC(=O)CCN2C(=O)c3c(Cl)c(Cl)c(Cl)c(Cl)c3C2=O)c1. The van der Waals surface area contributed by atoms with E-state index in [2.05, 4.69) is 5.32 Å². The highest BCUT2D eigenvalue weighted by atomic mass is 35.5. The first kappa shape index (κ1) is 24.3. The molecule has 2 aromatic rings. The molecule has 1 heterocycles. The molecule has 0 radical (unpaired) electrons. The summed E-state index contributed by atoms with van der Waals surface area (Å²) < 4.78 is 4.94. The molecule has 0 spiro atoms. The van der Waals surface area contributed by atoms with Crippen LogP contribution in [0.1, 0.15) is 38.3 Å². The van der Waals surface area contributed by atoms with Crippen molar-refractivity contribution in [2.45, 2.75) is 20.3 Å². The Hall–Kier alpha value is -2.32. The van der Waals surface area contributed by atoms with Crippen molar-refractivity contribution >= 4 is 75.8 Å². The van der Waals surface area contributed by atoms with E-state index in [0.717, 1.165) is 16.0 Å². The van der Waals surface area contributed by atoms with E-state index in [-0.39, 0.29) is 44.2 Å². The summed E-state index contributed by atoms with van der Waals surface area (Å²) in [5, 5.41) is 1.99. The van der Waals surface area contributed by atoms with E-state index in [1.165, 1.54) is 0 Å². The molecule has 0 aliphatic carbocycles. The average Bonchev–Trinajstić information content (AvgIpc) is 3.00. The van der Waals surface area contributed by atoms with Gasteiger partial charge in [0.1, 0.15) is 0 Å². The van der Waals surface area contributed by atoms with Crippen LogP contribution in [0.5, 0.6) is 0 Å². The molecule has 7 nitrogen and oxygen atoms in total. The monoisotopic (exact) mass is 516 g/mol. The fourth-order valence-corrected chi connectivity index (χ4v) is 4.09. The number of nitrogens with zero attached hydrogens (tertiary/aromatic N) is 1. The summed E-state index contributed by atoms with van der Waals surface area (Å²) in [5.74, 6) is -2.80. The molecule has 168 valence electrons. The second-order valence-electron chi connectivity index (χ2n) is 7.05. The number of aryl methyl sites for hydroxylation is 2. The van der Waals surface area contributed by atoms with Gasteiger partial charge in [-0.25, -0.2) is 0 Å². The van der Waals surface area contributed by atoms with E-state index in [0.29, 0.717) is 5.69 Å². The van der Waals surface area contributed by atoms with Crippen molar-refractivity contribution in [1.82, 2.24) is 4.90 Å². The molecule has 3 amide bonds. The minimum absolute atomic E-state index is 0.144. The molecule has 0 aromatic heterocycles. The van der Waals surface area contributed by atoms with Gasteiger partial charge in [-0.1, -0.05) is 58.5 Å². The van der Waals surface area contributed by atoms with Gasteiger partial charge >= 0.3 is 5.97 Å².